The van der Waals surface area contributed by atoms with Crippen molar-refractivity contribution in [3.63, 3.8) is 0 Å². The Morgan fingerprint density at radius 3 is 2.24 bits per heavy atom. The summed E-state index contributed by atoms with van der Waals surface area (Å²) in [5.41, 5.74) is -1.91. The Labute approximate surface area is 99.8 Å². The summed E-state index contributed by atoms with van der Waals surface area (Å²) in [4.78, 5) is -1.19. The lowest BCUT2D eigenvalue weighted by molar-refractivity contribution is -0.139. The summed E-state index contributed by atoms with van der Waals surface area (Å²) in [6, 6.07) is 3.03. The number of rotatable bonds is 1. The van der Waals surface area contributed by atoms with E-state index in [-0.39, 0.29) is 5.56 Å². The molecule has 0 radical (unpaired) electrons. The van der Waals surface area contributed by atoms with Crippen molar-refractivity contribution in [2.24, 2.45) is 0 Å². The fourth-order valence-corrected chi connectivity index (χ4v) is 2.67. The summed E-state index contributed by atoms with van der Waals surface area (Å²) in [5, 5.41) is 8.71. The van der Waals surface area contributed by atoms with Gasteiger partial charge < -0.3 is 0 Å². The largest absolute Gasteiger partial charge is 0.417 e. The molecule has 1 aromatic carbocycles. The SMILES string of the molecule is Cc1ccc(C(F)(F)F)c(S(=O)(=O)Cl)c1C#N. The van der Waals surface area contributed by atoms with Gasteiger partial charge in [0.2, 0.25) is 0 Å². The molecule has 1 rings (SSSR count). The quantitative estimate of drug-likeness (QED) is 0.745. The Balaban J connectivity index is 3.85. The second-order valence-corrected chi connectivity index (χ2v) is 5.68. The summed E-state index contributed by atoms with van der Waals surface area (Å²) in [6.45, 7) is 1.32. The molecule has 0 aromatic heterocycles. The third-order valence-corrected chi connectivity index (χ3v) is 3.40. The first kappa shape index (κ1) is 13.8. The van der Waals surface area contributed by atoms with Crippen LogP contribution in [0.4, 0.5) is 13.2 Å². The van der Waals surface area contributed by atoms with E-state index >= 15 is 0 Å². The summed E-state index contributed by atoms with van der Waals surface area (Å²) < 4.78 is 60.1. The predicted molar refractivity (Wildman–Crippen MR) is 53.9 cm³/mol. The van der Waals surface area contributed by atoms with Crippen molar-refractivity contribution < 1.29 is 21.6 Å². The normalized spacial score (nSPS) is 12.2. The van der Waals surface area contributed by atoms with E-state index in [1.807, 2.05) is 0 Å². The molecule has 0 spiro atoms. The number of benzene rings is 1. The average molecular weight is 284 g/mol. The number of nitriles is 1. The first-order chi connectivity index (χ1) is 7.59. The van der Waals surface area contributed by atoms with Gasteiger partial charge in [0.05, 0.1) is 11.1 Å². The van der Waals surface area contributed by atoms with Crippen LogP contribution in [0.2, 0.25) is 0 Å². The van der Waals surface area contributed by atoms with Crippen LogP contribution in [-0.4, -0.2) is 8.42 Å². The average Bonchev–Trinajstić information content (AvgIpc) is 2.13. The molecule has 0 saturated heterocycles. The monoisotopic (exact) mass is 283 g/mol. The fraction of sp³-hybridized carbons (Fsp3) is 0.222. The van der Waals surface area contributed by atoms with Crippen LogP contribution >= 0.6 is 10.7 Å². The fourth-order valence-electron chi connectivity index (χ4n) is 1.30. The van der Waals surface area contributed by atoms with Gasteiger partial charge >= 0.3 is 6.18 Å². The molecule has 1 aromatic rings. The molecule has 0 bridgehead atoms. The van der Waals surface area contributed by atoms with E-state index in [2.05, 4.69) is 0 Å². The van der Waals surface area contributed by atoms with E-state index < -0.39 is 31.2 Å². The van der Waals surface area contributed by atoms with Gasteiger partial charge in [-0.05, 0) is 18.6 Å². The highest BCUT2D eigenvalue weighted by atomic mass is 35.7. The first-order valence-electron chi connectivity index (χ1n) is 4.14. The molecule has 0 unspecified atom stereocenters. The number of halogens is 4. The maximum absolute atomic E-state index is 12.6. The number of hydrogen-bond donors (Lipinski definition) is 0. The summed E-state index contributed by atoms with van der Waals surface area (Å²) >= 11 is 0. The molecule has 0 fully saturated rings. The molecule has 8 heteroatoms. The number of alkyl halides is 3. The van der Waals surface area contributed by atoms with E-state index in [1.54, 1.807) is 0 Å². The minimum atomic E-state index is -4.89. The summed E-state index contributed by atoms with van der Waals surface area (Å²) in [6.07, 6.45) is -4.89. The molecule has 0 heterocycles. The molecule has 0 atom stereocenters. The molecule has 3 nitrogen and oxygen atoms in total. The van der Waals surface area contributed by atoms with Crippen LogP contribution in [0.25, 0.3) is 0 Å². The van der Waals surface area contributed by atoms with Crippen molar-refractivity contribution in [1.82, 2.24) is 0 Å². The highest BCUT2D eigenvalue weighted by molar-refractivity contribution is 8.13. The minimum Gasteiger partial charge on any atom is -0.207 e. The van der Waals surface area contributed by atoms with Crippen molar-refractivity contribution in [3.05, 3.63) is 28.8 Å². The highest BCUT2D eigenvalue weighted by Gasteiger charge is 2.38. The first-order valence-corrected chi connectivity index (χ1v) is 6.45. The van der Waals surface area contributed by atoms with Gasteiger partial charge in [-0.3, -0.25) is 0 Å². The van der Waals surface area contributed by atoms with Crippen molar-refractivity contribution >= 4 is 19.7 Å². The number of nitrogens with zero attached hydrogens (tertiary/aromatic N) is 1. The van der Waals surface area contributed by atoms with Gasteiger partial charge in [-0.15, -0.1) is 0 Å². The maximum Gasteiger partial charge on any atom is 0.417 e. The van der Waals surface area contributed by atoms with E-state index in [0.717, 1.165) is 6.07 Å². The molecule has 0 aliphatic carbocycles. The molecule has 0 N–H and O–H groups in total. The topological polar surface area (TPSA) is 57.9 Å². The Hall–Kier alpha value is -1.26. The zero-order valence-electron chi connectivity index (χ0n) is 8.34. The second-order valence-electron chi connectivity index (χ2n) is 3.18. The Morgan fingerprint density at radius 2 is 1.88 bits per heavy atom. The zero-order valence-corrected chi connectivity index (χ0v) is 9.91. The Morgan fingerprint density at radius 1 is 1.35 bits per heavy atom. The molecule has 0 aliphatic heterocycles. The molecular formula is C9H5ClF3NO2S. The van der Waals surface area contributed by atoms with Gasteiger partial charge in [-0.25, -0.2) is 8.42 Å². The number of hydrogen-bond acceptors (Lipinski definition) is 3. The molecule has 0 aliphatic rings. The third-order valence-electron chi connectivity index (χ3n) is 2.03. The van der Waals surface area contributed by atoms with Crippen LogP contribution < -0.4 is 0 Å². The van der Waals surface area contributed by atoms with Gasteiger partial charge in [0.25, 0.3) is 9.05 Å². The summed E-state index contributed by atoms with van der Waals surface area (Å²) in [7, 11) is 0.295. The van der Waals surface area contributed by atoms with Crippen molar-refractivity contribution in [2.75, 3.05) is 0 Å². The van der Waals surface area contributed by atoms with Gasteiger partial charge in [0.15, 0.2) is 0 Å². The lowest BCUT2D eigenvalue weighted by Gasteiger charge is -2.13. The lowest BCUT2D eigenvalue weighted by Crippen LogP contribution is -2.13. The van der Waals surface area contributed by atoms with Crippen molar-refractivity contribution in [3.8, 4) is 6.07 Å². The molecule has 0 saturated carbocycles. The molecule has 0 amide bonds. The van der Waals surface area contributed by atoms with Crippen LogP contribution in [-0.2, 0) is 15.2 Å². The lowest BCUT2D eigenvalue weighted by atomic mass is 10.1. The van der Waals surface area contributed by atoms with E-state index in [9.17, 15) is 21.6 Å². The van der Waals surface area contributed by atoms with Crippen LogP contribution in [0.5, 0.6) is 0 Å². The van der Waals surface area contributed by atoms with Crippen LogP contribution in [0.3, 0.4) is 0 Å². The minimum absolute atomic E-state index is 0.111. The van der Waals surface area contributed by atoms with Gasteiger partial charge in [0, 0.05) is 10.7 Å². The number of aryl methyl sites for hydroxylation is 1. The Kier molecular flexibility index (Phi) is 3.41. The Bertz CT molecular complexity index is 602. The van der Waals surface area contributed by atoms with Crippen LogP contribution in [0, 0.1) is 18.3 Å². The van der Waals surface area contributed by atoms with Crippen molar-refractivity contribution in [2.45, 2.75) is 18.0 Å². The smallest absolute Gasteiger partial charge is 0.207 e. The maximum atomic E-state index is 12.6. The third kappa shape index (κ3) is 2.70. The van der Waals surface area contributed by atoms with E-state index in [0.29, 0.717) is 6.07 Å². The van der Waals surface area contributed by atoms with E-state index in [1.165, 1.54) is 13.0 Å². The zero-order chi connectivity index (χ0) is 13.4. The van der Waals surface area contributed by atoms with Crippen molar-refractivity contribution in [1.29, 1.82) is 5.26 Å². The highest BCUT2D eigenvalue weighted by Crippen LogP contribution is 2.37. The van der Waals surface area contributed by atoms with Gasteiger partial charge in [0.1, 0.15) is 11.0 Å². The van der Waals surface area contributed by atoms with Crippen LogP contribution in [0.1, 0.15) is 16.7 Å². The van der Waals surface area contributed by atoms with Crippen LogP contribution in [0.15, 0.2) is 17.0 Å². The van der Waals surface area contributed by atoms with Gasteiger partial charge in [-0.2, -0.15) is 18.4 Å². The predicted octanol–water partition coefficient (Wildman–Crippen LogP) is 2.81. The van der Waals surface area contributed by atoms with E-state index in [4.69, 9.17) is 15.9 Å². The second kappa shape index (κ2) is 4.20. The summed E-state index contributed by atoms with van der Waals surface area (Å²) in [5.74, 6) is 0. The molecule has 17 heavy (non-hydrogen) atoms. The van der Waals surface area contributed by atoms with Gasteiger partial charge in [-0.1, -0.05) is 6.07 Å². The standard InChI is InChI=1S/C9H5ClF3NO2S/c1-5-2-3-7(9(11,12)13)8(6(5)4-14)17(10,15)16/h2-3H,1H3. The molecular weight excluding hydrogens is 279 g/mol. The molecule has 92 valence electrons.